The van der Waals surface area contributed by atoms with Crippen LogP contribution in [0.5, 0.6) is 0 Å². The Labute approximate surface area is 81.8 Å². The lowest BCUT2D eigenvalue weighted by atomic mass is 10.6. The van der Waals surface area contributed by atoms with Gasteiger partial charge in [-0.15, -0.1) is 0 Å². The number of thioether (sulfide) groups is 1. The second-order valence-corrected chi connectivity index (χ2v) is 4.41. The summed E-state index contributed by atoms with van der Waals surface area (Å²) in [5, 5.41) is 0.963. The van der Waals surface area contributed by atoms with Crippen molar-refractivity contribution in [1.29, 1.82) is 0 Å². The second kappa shape index (κ2) is 3.68. The Morgan fingerprint density at radius 3 is 3.46 bits per heavy atom. The Balaban J connectivity index is 2.26. The van der Waals surface area contributed by atoms with E-state index >= 15 is 0 Å². The molecule has 0 unspecified atom stereocenters. The zero-order valence-electron chi connectivity index (χ0n) is 7.19. The quantitative estimate of drug-likeness (QED) is 0.706. The number of aromatic nitrogens is 2. The lowest BCUT2D eigenvalue weighted by Crippen LogP contribution is -2.09. The molecule has 2 rings (SSSR count). The molecule has 1 aliphatic rings. The number of hydrogen-bond donors (Lipinski definition) is 0. The van der Waals surface area contributed by atoms with Crippen LogP contribution in [0, 0.1) is 0 Å². The number of hydrogen-bond acceptors (Lipinski definition) is 4. The lowest BCUT2D eigenvalue weighted by Gasteiger charge is -2.01. The predicted molar refractivity (Wildman–Crippen MR) is 51.4 cm³/mol. The largest absolute Gasteiger partial charge is 0.461 e. The number of fused-ring (bicyclic) bond motifs is 1. The van der Waals surface area contributed by atoms with Gasteiger partial charge >= 0.3 is 5.97 Å². The van der Waals surface area contributed by atoms with Crippen LogP contribution in [0.4, 0.5) is 0 Å². The van der Waals surface area contributed by atoms with Crippen LogP contribution in [0.2, 0.25) is 0 Å². The fourth-order valence-corrected chi connectivity index (χ4v) is 3.12. The van der Waals surface area contributed by atoms with Crippen LogP contribution in [0.3, 0.4) is 0 Å². The highest BCUT2D eigenvalue weighted by molar-refractivity contribution is 7.99. The lowest BCUT2D eigenvalue weighted by molar-refractivity contribution is 0.0519. The number of nitrogens with zero attached hydrogens (tertiary/aromatic N) is 2. The summed E-state index contributed by atoms with van der Waals surface area (Å²) >= 11 is 1.69. The molecule has 0 aliphatic carbocycles. The Morgan fingerprint density at radius 1 is 1.85 bits per heavy atom. The summed E-state index contributed by atoms with van der Waals surface area (Å²) < 4.78 is 11.1. The molecular weight excluding hydrogens is 207 g/mol. The first-order valence-corrected chi connectivity index (χ1v) is 5.89. The Kier molecular flexibility index (Phi) is 2.56. The maximum atomic E-state index is 11.4. The molecule has 0 bridgehead atoms. The van der Waals surface area contributed by atoms with Crippen LogP contribution < -0.4 is 0 Å². The minimum absolute atomic E-state index is 0.231. The molecule has 0 fully saturated rings. The summed E-state index contributed by atoms with van der Waals surface area (Å²) in [7, 11) is 0.731. The molecule has 0 N–H and O–H groups in total. The number of carbonyl (C=O) groups excluding carboxylic acids is 1. The topological polar surface area (TPSA) is 44.1 Å². The molecule has 2 heterocycles. The molecule has 0 saturated carbocycles. The maximum Gasteiger partial charge on any atom is 0.361 e. The van der Waals surface area contributed by atoms with Gasteiger partial charge in [-0.25, -0.2) is 9.54 Å². The average Bonchev–Trinajstić information content (AvgIpc) is 2.62. The number of ether oxygens (including phenoxy) is 1. The zero-order valence-corrected chi connectivity index (χ0v) is 8.90. The molecule has 13 heavy (non-hydrogen) atoms. The molecule has 0 saturated heterocycles. The third-order valence-corrected chi connectivity index (χ3v) is 3.72. The minimum atomic E-state index is -0.231. The van der Waals surface area contributed by atoms with Gasteiger partial charge in [0.15, 0.2) is 10.6 Å². The minimum Gasteiger partial charge on any atom is -0.461 e. The van der Waals surface area contributed by atoms with E-state index in [2.05, 4.69) is 4.75 Å². The third-order valence-electron chi connectivity index (χ3n) is 1.72. The molecule has 1 aromatic rings. The van der Waals surface area contributed by atoms with E-state index in [9.17, 15) is 4.79 Å². The van der Waals surface area contributed by atoms with E-state index in [-0.39, 0.29) is 5.97 Å². The van der Waals surface area contributed by atoms with Gasteiger partial charge in [-0.05, 0) is 6.92 Å². The van der Waals surface area contributed by atoms with Gasteiger partial charge in [0.25, 0.3) is 0 Å². The molecule has 1 aliphatic heterocycles. The summed E-state index contributed by atoms with van der Waals surface area (Å²) in [5.74, 6) is 0.780. The Morgan fingerprint density at radius 2 is 2.69 bits per heavy atom. The van der Waals surface area contributed by atoms with Crippen molar-refractivity contribution in [3.63, 3.8) is 0 Å². The highest BCUT2D eigenvalue weighted by Gasteiger charge is 2.22. The van der Waals surface area contributed by atoms with Crippen molar-refractivity contribution in [2.45, 2.75) is 18.6 Å². The molecule has 0 amide bonds. The molecule has 0 radical (unpaired) electrons. The van der Waals surface area contributed by atoms with Crippen LogP contribution in [0.1, 0.15) is 17.1 Å². The fourth-order valence-electron chi connectivity index (χ4n) is 1.17. The van der Waals surface area contributed by atoms with Gasteiger partial charge < -0.3 is 9.30 Å². The monoisotopic (exact) mass is 216 g/mol. The first kappa shape index (κ1) is 9.03. The van der Waals surface area contributed by atoms with E-state index in [0.29, 0.717) is 12.0 Å². The summed E-state index contributed by atoms with van der Waals surface area (Å²) in [5.41, 5.74) is 0.668. The van der Waals surface area contributed by atoms with Crippen molar-refractivity contribution >= 4 is 26.1 Å². The van der Waals surface area contributed by atoms with Crippen molar-refractivity contribution in [2.24, 2.45) is 0 Å². The molecule has 4 nitrogen and oxygen atoms in total. The van der Waals surface area contributed by atoms with Crippen molar-refractivity contribution < 1.29 is 9.53 Å². The van der Waals surface area contributed by atoms with Gasteiger partial charge in [0.1, 0.15) is 0 Å². The third kappa shape index (κ3) is 1.58. The normalized spacial score (nSPS) is 14.8. The van der Waals surface area contributed by atoms with Crippen molar-refractivity contribution in [2.75, 3.05) is 12.4 Å². The van der Waals surface area contributed by atoms with Crippen LogP contribution in [0.15, 0.2) is 5.16 Å². The van der Waals surface area contributed by atoms with Crippen LogP contribution in [-0.4, -0.2) is 27.6 Å². The Hall–Kier alpha value is -0.540. The first-order valence-electron chi connectivity index (χ1n) is 4.06. The summed E-state index contributed by atoms with van der Waals surface area (Å²) in [4.78, 5) is 11.4. The SMILES string of the molecule is CCOC(=O)c1pnc2n1CCS2. The highest BCUT2D eigenvalue weighted by atomic mass is 32.2. The second-order valence-electron chi connectivity index (χ2n) is 2.53. The van der Waals surface area contributed by atoms with Crippen LogP contribution >= 0.6 is 20.1 Å². The first-order chi connectivity index (χ1) is 6.33. The highest BCUT2D eigenvalue weighted by Crippen LogP contribution is 2.30. The van der Waals surface area contributed by atoms with Gasteiger partial charge in [0, 0.05) is 12.3 Å². The average molecular weight is 216 g/mol. The molecule has 0 spiro atoms. The molecule has 6 heteroatoms. The van der Waals surface area contributed by atoms with Crippen LogP contribution in [0.25, 0.3) is 0 Å². The van der Waals surface area contributed by atoms with E-state index in [1.807, 2.05) is 11.5 Å². The number of rotatable bonds is 2. The van der Waals surface area contributed by atoms with Gasteiger partial charge in [-0.2, -0.15) is 0 Å². The molecule has 0 atom stereocenters. The van der Waals surface area contributed by atoms with E-state index in [1.54, 1.807) is 11.8 Å². The van der Waals surface area contributed by atoms with E-state index < -0.39 is 0 Å². The van der Waals surface area contributed by atoms with Gasteiger partial charge in [-0.1, -0.05) is 11.8 Å². The smallest absolute Gasteiger partial charge is 0.361 e. The van der Waals surface area contributed by atoms with Crippen molar-refractivity contribution in [1.82, 2.24) is 9.31 Å². The number of esters is 1. The summed E-state index contributed by atoms with van der Waals surface area (Å²) in [6.45, 7) is 3.11. The molecule has 70 valence electrons. The van der Waals surface area contributed by atoms with E-state index in [4.69, 9.17) is 4.74 Å². The number of carbonyl (C=O) groups is 1. The fraction of sp³-hybridized carbons (Fsp3) is 0.571. The molecule has 1 aromatic heterocycles. The maximum absolute atomic E-state index is 11.4. The van der Waals surface area contributed by atoms with Crippen LogP contribution in [-0.2, 0) is 11.3 Å². The van der Waals surface area contributed by atoms with Gasteiger partial charge in [-0.3, -0.25) is 0 Å². The molecule has 0 aromatic carbocycles. The summed E-state index contributed by atoms with van der Waals surface area (Å²) in [6, 6.07) is 0. The predicted octanol–water partition coefficient (Wildman–Crippen LogP) is 1.75. The van der Waals surface area contributed by atoms with Crippen molar-refractivity contribution in [3.05, 3.63) is 5.43 Å². The van der Waals surface area contributed by atoms with E-state index in [0.717, 1.165) is 25.8 Å². The zero-order chi connectivity index (χ0) is 9.26. The summed E-state index contributed by atoms with van der Waals surface area (Å²) in [6.07, 6.45) is 0. The Bertz CT molecular complexity index is 339. The van der Waals surface area contributed by atoms with E-state index in [1.165, 1.54) is 0 Å². The van der Waals surface area contributed by atoms with Gasteiger partial charge in [0.05, 0.1) is 15.0 Å². The van der Waals surface area contributed by atoms with Crippen molar-refractivity contribution in [3.8, 4) is 0 Å². The standard InChI is InChI=1S/C7H9N2O2PS/c1-2-11-6(10)5-9-3-4-13-7(9)8-12-5/h2-4H2,1H3. The molecular formula is C7H9N2O2PS. The van der Waals surface area contributed by atoms with Gasteiger partial charge in [0.2, 0.25) is 0 Å².